The first-order chi connectivity index (χ1) is 6.74. The standard InChI is InChI=1S/C13H25N/c1-11-3-7-13(8-4-11)9-5-12(14-2)6-10-13/h11-12,14H,3-10H2,1-2H3. The van der Waals surface area contributed by atoms with E-state index in [9.17, 15) is 0 Å². The SMILES string of the molecule is CNC1CCC2(CCC(C)CC2)CC1. The summed E-state index contributed by atoms with van der Waals surface area (Å²) in [6.07, 6.45) is 11.8. The maximum Gasteiger partial charge on any atom is 0.00644 e. The topological polar surface area (TPSA) is 12.0 Å². The third-order valence-corrected chi connectivity index (χ3v) is 4.79. The average molecular weight is 195 g/mol. The molecule has 0 unspecified atom stereocenters. The van der Waals surface area contributed by atoms with E-state index < -0.39 is 0 Å². The Hall–Kier alpha value is -0.0400. The van der Waals surface area contributed by atoms with Gasteiger partial charge in [-0.2, -0.15) is 0 Å². The smallest absolute Gasteiger partial charge is 0.00644 e. The summed E-state index contributed by atoms with van der Waals surface area (Å²) in [6.45, 7) is 2.42. The Morgan fingerprint density at radius 1 is 0.929 bits per heavy atom. The Labute approximate surface area is 88.7 Å². The summed E-state index contributed by atoms with van der Waals surface area (Å²) in [4.78, 5) is 0. The molecular formula is C13H25N. The lowest BCUT2D eigenvalue weighted by Crippen LogP contribution is -2.37. The van der Waals surface area contributed by atoms with Crippen molar-refractivity contribution in [3.63, 3.8) is 0 Å². The lowest BCUT2D eigenvalue weighted by molar-refractivity contribution is 0.0895. The first-order valence-corrected chi connectivity index (χ1v) is 6.41. The molecule has 1 spiro atoms. The third-order valence-electron chi connectivity index (χ3n) is 4.79. The van der Waals surface area contributed by atoms with Crippen molar-refractivity contribution in [2.45, 2.75) is 64.3 Å². The molecule has 2 aliphatic carbocycles. The van der Waals surface area contributed by atoms with E-state index in [4.69, 9.17) is 0 Å². The molecular weight excluding hydrogens is 170 g/mol. The van der Waals surface area contributed by atoms with E-state index in [-0.39, 0.29) is 0 Å². The van der Waals surface area contributed by atoms with Crippen LogP contribution in [0.1, 0.15) is 58.3 Å². The zero-order chi connectivity index (χ0) is 10.0. The summed E-state index contributed by atoms with van der Waals surface area (Å²) in [5.74, 6) is 1.00. The van der Waals surface area contributed by atoms with Crippen LogP contribution in [0, 0.1) is 11.3 Å². The molecule has 2 saturated carbocycles. The molecule has 82 valence electrons. The van der Waals surface area contributed by atoms with Gasteiger partial charge in [-0.05, 0) is 56.9 Å². The van der Waals surface area contributed by atoms with E-state index >= 15 is 0 Å². The number of rotatable bonds is 1. The summed E-state index contributed by atoms with van der Waals surface area (Å²) in [5.41, 5.74) is 0.778. The zero-order valence-electron chi connectivity index (χ0n) is 9.81. The zero-order valence-corrected chi connectivity index (χ0v) is 9.81. The Kier molecular flexibility index (Phi) is 3.16. The van der Waals surface area contributed by atoms with Gasteiger partial charge in [-0.25, -0.2) is 0 Å². The Balaban J connectivity index is 1.86. The van der Waals surface area contributed by atoms with Crippen LogP contribution in [0.15, 0.2) is 0 Å². The molecule has 0 saturated heterocycles. The molecule has 1 N–H and O–H groups in total. The lowest BCUT2D eigenvalue weighted by Gasteiger charge is -2.44. The molecule has 1 heteroatoms. The molecule has 0 bridgehead atoms. The minimum absolute atomic E-state index is 0.778. The fraction of sp³-hybridized carbons (Fsp3) is 1.00. The second kappa shape index (κ2) is 4.22. The maximum atomic E-state index is 3.43. The number of hydrogen-bond acceptors (Lipinski definition) is 1. The van der Waals surface area contributed by atoms with Crippen molar-refractivity contribution in [2.75, 3.05) is 7.05 Å². The molecule has 1 nitrogen and oxygen atoms in total. The predicted molar refractivity (Wildman–Crippen MR) is 61.4 cm³/mol. The van der Waals surface area contributed by atoms with Gasteiger partial charge in [0, 0.05) is 6.04 Å². The average Bonchev–Trinajstić information content (AvgIpc) is 2.24. The van der Waals surface area contributed by atoms with Crippen LogP contribution in [0.4, 0.5) is 0 Å². The Bertz CT molecular complexity index is 170. The number of hydrogen-bond donors (Lipinski definition) is 1. The molecule has 0 amide bonds. The molecule has 14 heavy (non-hydrogen) atoms. The van der Waals surface area contributed by atoms with E-state index in [1.165, 1.54) is 51.4 Å². The Morgan fingerprint density at radius 2 is 1.43 bits per heavy atom. The first kappa shape index (κ1) is 10.5. The van der Waals surface area contributed by atoms with Crippen molar-refractivity contribution >= 4 is 0 Å². The van der Waals surface area contributed by atoms with Crippen molar-refractivity contribution < 1.29 is 0 Å². The molecule has 2 aliphatic rings. The molecule has 0 atom stereocenters. The molecule has 0 aliphatic heterocycles. The monoisotopic (exact) mass is 195 g/mol. The van der Waals surface area contributed by atoms with Crippen LogP contribution in [-0.2, 0) is 0 Å². The Morgan fingerprint density at radius 3 is 1.93 bits per heavy atom. The van der Waals surface area contributed by atoms with Crippen molar-refractivity contribution in [3.8, 4) is 0 Å². The second-order valence-electron chi connectivity index (χ2n) is 5.75. The molecule has 0 aromatic rings. The normalized spacial score (nSPS) is 44.1. The summed E-state index contributed by atoms with van der Waals surface area (Å²) in [7, 11) is 2.12. The van der Waals surface area contributed by atoms with Crippen LogP contribution in [-0.4, -0.2) is 13.1 Å². The van der Waals surface area contributed by atoms with Gasteiger partial charge in [0.25, 0.3) is 0 Å². The largest absolute Gasteiger partial charge is 0.317 e. The summed E-state index contributed by atoms with van der Waals surface area (Å²) in [6, 6.07) is 0.819. The molecule has 0 radical (unpaired) electrons. The fourth-order valence-corrected chi connectivity index (χ4v) is 3.39. The molecule has 0 aromatic carbocycles. The quantitative estimate of drug-likeness (QED) is 0.676. The van der Waals surface area contributed by atoms with Crippen molar-refractivity contribution in [1.82, 2.24) is 5.32 Å². The predicted octanol–water partition coefficient (Wildman–Crippen LogP) is 3.34. The van der Waals surface area contributed by atoms with Crippen molar-refractivity contribution in [2.24, 2.45) is 11.3 Å². The highest BCUT2D eigenvalue weighted by Crippen LogP contribution is 2.48. The maximum absolute atomic E-state index is 3.43. The highest BCUT2D eigenvalue weighted by molar-refractivity contribution is 4.90. The lowest BCUT2D eigenvalue weighted by atomic mass is 9.63. The van der Waals surface area contributed by atoms with Crippen LogP contribution >= 0.6 is 0 Å². The van der Waals surface area contributed by atoms with E-state index in [0.29, 0.717) is 0 Å². The molecule has 2 fully saturated rings. The highest BCUT2D eigenvalue weighted by atomic mass is 14.9. The van der Waals surface area contributed by atoms with Crippen LogP contribution in [0.5, 0.6) is 0 Å². The van der Waals surface area contributed by atoms with Gasteiger partial charge < -0.3 is 5.32 Å². The minimum Gasteiger partial charge on any atom is -0.317 e. The van der Waals surface area contributed by atoms with Gasteiger partial charge in [0.15, 0.2) is 0 Å². The van der Waals surface area contributed by atoms with Crippen LogP contribution < -0.4 is 5.32 Å². The summed E-state index contributed by atoms with van der Waals surface area (Å²) in [5, 5.41) is 3.43. The minimum atomic E-state index is 0.778. The highest BCUT2D eigenvalue weighted by Gasteiger charge is 2.37. The van der Waals surface area contributed by atoms with Crippen LogP contribution in [0.2, 0.25) is 0 Å². The second-order valence-corrected chi connectivity index (χ2v) is 5.75. The molecule has 2 rings (SSSR count). The number of nitrogens with one attached hydrogen (secondary N) is 1. The van der Waals surface area contributed by atoms with Gasteiger partial charge in [0.05, 0.1) is 0 Å². The molecule has 0 heterocycles. The third kappa shape index (κ3) is 2.13. The molecule has 0 aromatic heterocycles. The summed E-state index contributed by atoms with van der Waals surface area (Å²) >= 11 is 0. The van der Waals surface area contributed by atoms with Crippen LogP contribution in [0.25, 0.3) is 0 Å². The first-order valence-electron chi connectivity index (χ1n) is 6.41. The van der Waals surface area contributed by atoms with Gasteiger partial charge in [-0.15, -0.1) is 0 Å². The fourth-order valence-electron chi connectivity index (χ4n) is 3.39. The van der Waals surface area contributed by atoms with E-state index in [0.717, 1.165) is 17.4 Å². The van der Waals surface area contributed by atoms with Gasteiger partial charge in [0.1, 0.15) is 0 Å². The van der Waals surface area contributed by atoms with E-state index in [1.807, 2.05) is 0 Å². The van der Waals surface area contributed by atoms with E-state index in [2.05, 4.69) is 19.3 Å². The van der Waals surface area contributed by atoms with Gasteiger partial charge in [-0.1, -0.05) is 19.8 Å². The van der Waals surface area contributed by atoms with Gasteiger partial charge >= 0.3 is 0 Å². The van der Waals surface area contributed by atoms with Gasteiger partial charge in [0.2, 0.25) is 0 Å². The summed E-state index contributed by atoms with van der Waals surface area (Å²) < 4.78 is 0. The van der Waals surface area contributed by atoms with Gasteiger partial charge in [-0.3, -0.25) is 0 Å². The van der Waals surface area contributed by atoms with Crippen molar-refractivity contribution in [3.05, 3.63) is 0 Å². The van der Waals surface area contributed by atoms with E-state index in [1.54, 1.807) is 0 Å². The van der Waals surface area contributed by atoms with Crippen molar-refractivity contribution in [1.29, 1.82) is 0 Å². The van der Waals surface area contributed by atoms with Crippen LogP contribution in [0.3, 0.4) is 0 Å².